The van der Waals surface area contributed by atoms with Crippen LogP contribution in [0.15, 0.2) is 48.5 Å². The van der Waals surface area contributed by atoms with E-state index in [0.29, 0.717) is 24.5 Å². The van der Waals surface area contributed by atoms with Gasteiger partial charge >= 0.3 is 6.61 Å². The first-order valence-corrected chi connectivity index (χ1v) is 8.44. The molecule has 1 heterocycles. The number of carbonyl (C=O) groups is 1. The molecule has 0 bridgehead atoms. The van der Waals surface area contributed by atoms with Crippen molar-refractivity contribution in [3.8, 4) is 5.75 Å². The van der Waals surface area contributed by atoms with Gasteiger partial charge in [0.25, 0.3) is 0 Å². The van der Waals surface area contributed by atoms with Crippen LogP contribution >= 0.6 is 0 Å². The highest BCUT2D eigenvalue weighted by molar-refractivity contribution is 5.79. The summed E-state index contributed by atoms with van der Waals surface area (Å²) in [4.78, 5) is 14.2. The number of benzene rings is 2. The molecule has 2 aromatic rings. The summed E-state index contributed by atoms with van der Waals surface area (Å²) in [6, 6.07) is 13.9. The summed E-state index contributed by atoms with van der Waals surface area (Å²) in [6.07, 6.45) is 1.03. The van der Waals surface area contributed by atoms with Gasteiger partial charge in [0.15, 0.2) is 0 Å². The average molecular weight is 361 g/mol. The Hall–Kier alpha value is -2.83. The summed E-state index contributed by atoms with van der Waals surface area (Å²) in [5, 5.41) is 3.00. The van der Waals surface area contributed by atoms with Crippen LogP contribution in [-0.4, -0.2) is 31.7 Å². The fourth-order valence-corrected chi connectivity index (χ4v) is 3.11. The number of nitrogens with zero attached hydrogens (tertiary/aromatic N) is 1. The summed E-state index contributed by atoms with van der Waals surface area (Å²) in [7, 11) is 0. The number of hydrogen-bond acceptors (Lipinski definition) is 4. The largest absolute Gasteiger partial charge is 0.433 e. The topological polar surface area (TPSA) is 67.6 Å². The van der Waals surface area contributed by atoms with E-state index in [2.05, 4.69) is 10.1 Å². The van der Waals surface area contributed by atoms with E-state index in [1.807, 2.05) is 17.0 Å². The molecule has 1 atom stereocenters. The number of nitrogens with one attached hydrogen (secondary N) is 1. The highest BCUT2D eigenvalue weighted by Crippen LogP contribution is 2.31. The van der Waals surface area contributed by atoms with Crippen molar-refractivity contribution in [2.45, 2.75) is 25.5 Å². The fourth-order valence-electron chi connectivity index (χ4n) is 3.11. The maximum Gasteiger partial charge on any atom is 0.387 e. The van der Waals surface area contributed by atoms with Gasteiger partial charge in [-0.15, -0.1) is 0 Å². The van der Waals surface area contributed by atoms with Gasteiger partial charge in [-0.3, -0.25) is 4.79 Å². The molecule has 1 unspecified atom stereocenters. The Morgan fingerprint density at radius 2 is 1.96 bits per heavy atom. The van der Waals surface area contributed by atoms with Crippen molar-refractivity contribution in [2.75, 3.05) is 23.7 Å². The lowest BCUT2D eigenvalue weighted by Crippen LogP contribution is -2.38. The average Bonchev–Trinajstić information content (AvgIpc) is 3.05. The first-order chi connectivity index (χ1) is 12.5. The monoisotopic (exact) mass is 361 g/mol. The van der Waals surface area contributed by atoms with Gasteiger partial charge in [-0.25, -0.2) is 0 Å². The molecule has 0 aromatic heterocycles. The molecule has 5 nitrogen and oxygen atoms in total. The fraction of sp³-hybridized carbons (Fsp3) is 0.316. The molecule has 26 heavy (non-hydrogen) atoms. The molecule has 0 aliphatic carbocycles. The van der Waals surface area contributed by atoms with Crippen LogP contribution in [0.3, 0.4) is 0 Å². The molecular weight excluding hydrogens is 340 g/mol. The zero-order chi connectivity index (χ0) is 18.5. The Morgan fingerprint density at radius 1 is 1.23 bits per heavy atom. The zero-order valence-corrected chi connectivity index (χ0v) is 14.2. The Kier molecular flexibility index (Phi) is 5.55. The molecule has 3 N–H and O–H groups in total. The standard InChI is InChI=1S/C19H21F2N3O2/c20-19(21)26-17-4-2-1-3-16(17)24-10-9-15(12-24)23-18(25)11-13-5-7-14(22)8-6-13/h1-8,15,19H,9-12,22H2,(H,23,25). The van der Waals surface area contributed by atoms with Gasteiger partial charge in [0, 0.05) is 24.8 Å². The second-order valence-corrected chi connectivity index (χ2v) is 6.26. The molecular formula is C19H21F2N3O2. The third kappa shape index (κ3) is 4.62. The van der Waals surface area contributed by atoms with Crippen LogP contribution in [0.2, 0.25) is 0 Å². The summed E-state index contributed by atoms with van der Waals surface area (Å²) >= 11 is 0. The zero-order valence-electron chi connectivity index (χ0n) is 14.2. The predicted octanol–water partition coefficient (Wildman–Crippen LogP) is 2.81. The van der Waals surface area contributed by atoms with E-state index in [1.165, 1.54) is 6.07 Å². The SMILES string of the molecule is Nc1ccc(CC(=O)NC2CCN(c3ccccc3OC(F)F)C2)cc1. The highest BCUT2D eigenvalue weighted by Gasteiger charge is 2.26. The number of nitrogen functional groups attached to an aromatic ring is 1. The third-order valence-electron chi connectivity index (χ3n) is 4.32. The number of halogens is 2. The summed E-state index contributed by atoms with van der Waals surface area (Å²) < 4.78 is 29.7. The molecule has 7 heteroatoms. The minimum atomic E-state index is -2.87. The maximum absolute atomic E-state index is 12.6. The van der Waals surface area contributed by atoms with Crippen molar-refractivity contribution in [1.29, 1.82) is 0 Å². The molecule has 1 saturated heterocycles. The molecule has 2 aromatic carbocycles. The molecule has 1 aliphatic heterocycles. The van der Waals surface area contributed by atoms with Gasteiger partial charge in [-0.1, -0.05) is 24.3 Å². The molecule has 138 valence electrons. The van der Waals surface area contributed by atoms with E-state index in [9.17, 15) is 13.6 Å². The number of rotatable bonds is 6. The minimum absolute atomic E-state index is 0.0316. The van der Waals surface area contributed by atoms with Crippen LogP contribution in [0.25, 0.3) is 0 Å². The second kappa shape index (κ2) is 8.03. The lowest BCUT2D eigenvalue weighted by molar-refractivity contribution is -0.121. The molecule has 1 fully saturated rings. The van der Waals surface area contributed by atoms with Crippen LogP contribution in [0.4, 0.5) is 20.2 Å². The minimum Gasteiger partial charge on any atom is -0.433 e. The van der Waals surface area contributed by atoms with Crippen LogP contribution in [0.1, 0.15) is 12.0 Å². The molecule has 0 saturated carbocycles. The van der Waals surface area contributed by atoms with Gasteiger partial charge in [-0.05, 0) is 36.2 Å². The van der Waals surface area contributed by atoms with Gasteiger partial charge in [0.05, 0.1) is 12.1 Å². The Bertz CT molecular complexity index is 753. The Morgan fingerprint density at radius 3 is 2.69 bits per heavy atom. The van der Waals surface area contributed by atoms with Crippen molar-refractivity contribution >= 4 is 17.3 Å². The molecule has 1 aliphatic rings. The number of para-hydroxylation sites is 2. The van der Waals surface area contributed by atoms with E-state index >= 15 is 0 Å². The van der Waals surface area contributed by atoms with E-state index in [-0.39, 0.29) is 24.1 Å². The molecule has 0 spiro atoms. The Balaban J connectivity index is 1.57. The normalized spacial score (nSPS) is 16.7. The third-order valence-corrected chi connectivity index (χ3v) is 4.32. The number of amides is 1. The number of alkyl halides is 2. The van der Waals surface area contributed by atoms with Crippen LogP contribution in [0, 0.1) is 0 Å². The quantitative estimate of drug-likeness (QED) is 0.777. The smallest absolute Gasteiger partial charge is 0.387 e. The summed E-state index contributed by atoms with van der Waals surface area (Å²) in [5.41, 5.74) is 7.80. The summed E-state index contributed by atoms with van der Waals surface area (Å²) in [5.74, 6) is 0.0788. The molecule has 1 amide bonds. The van der Waals surface area contributed by atoms with Crippen LogP contribution < -0.4 is 20.7 Å². The van der Waals surface area contributed by atoms with Gasteiger partial charge < -0.3 is 20.7 Å². The van der Waals surface area contributed by atoms with Crippen molar-refractivity contribution in [2.24, 2.45) is 0 Å². The summed E-state index contributed by atoms with van der Waals surface area (Å²) in [6.45, 7) is -1.65. The lowest BCUT2D eigenvalue weighted by Gasteiger charge is -2.22. The number of carbonyl (C=O) groups excluding carboxylic acids is 1. The number of nitrogens with two attached hydrogens (primary N) is 1. The van der Waals surface area contributed by atoms with E-state index in [0.717, 1.165) is 12.0 Å². The lowest BCUT2D eigenvalue weighted by atomic mass is 10.1. The number of ether oxygens (including phenoxy) is 1. The van der Waals surface area contributed by atoms with Crippen molar-refractivity contribution in [1.82, 2.24) is 5.32 Å². The first kappa shape index (κ1) is 18.0. The van der Waals surface area contributed by atoms with Crippen LogP contribution in [-0.2, 0) is 11.2 Å². The van der Waals surface area contributed by atoms with E-state index in [1.54, 1.807) is 30.3 Å². The first-order valence-electron chi connectivity index (χ1n) is 8.44. The molecule has 3 rings (SSSR count). The van der Waals surface area contributed by atoms with Crippen molar-refractivity contribution in [3.63, 3.8) is 0 Å². The number of hydrogen-bond donors (Lipinski definition) is 2. The van der Waals surface area contributed by atoms with Gasteiger partial charge in [-0.2, -0.15) is 8.78 Å². The van der Waals surface area contributed by atoms with E-state index in [4.69, 9.17) is 5.73 Å². The Labute approximate surface area is 150 Å². The number of anilines is 2. The second-order valence-electron chi connectivity index (χ2n) is 6.26. The van der Waals surface area contributed by atoms with Gasteiger partial charge in [0.2, 0.25) is 5.91 Å². The highest BCUT2D eigenvalue weighted by atomic mass is 19.3. The van der Waals surface area contributed by atoms with Crippen molar-refractivity contribution in [3.05, 3.63) is 54.1 Å². The maximum atomic E-state index is 12.6. The molecule has 0 radical (unpaired) electrons. The predicted molar refractivity (Wildman–Crippen MR) is 96.4 cm³/mol. The van der Waals surface area contributed by atoms with E-state index < -0.39 is 6.61 Å². The van der Waals surface area contributed by atoms with Crippen molar-refractivity contribution < 1.29 is 18.3 Å². The van der Waals surface area contributed by atoms with Crippen LogP contribution in [0.5, 0.6) is 5.75 Å². The van der Waals surface area contributed by atoms with Gasteiger partial charge in [0.1, 0.15) is 5.75 Å².